The van der Waals surface area contributed by atoms with Gasteiger partial charge in [0.25, 0.3) is 0 Å². The standard InChI is InChI=1S/C12H14ClN3O/c1-8(10-5-3-4-6-11(10)13)14-7-12-15-9(2)17-16-12/h3-6,8,14H,7H2,1-2H3/t8-/m1/s1. The second kappa shape index (κ2) is 5.29. The van der Waals surface area contributed by atoms with E-state index >= 15 is 0 Å². The van der Waals surface area contributed by atoms with Crippen LogP contribution in [-0.2, 0) is 6.54 Å². The number of hydrogen-bond acceptors (Lipinski definition) is 4. The lowest BCUT2D eigenvalue weighted by Gasteiger charge is -2.14. The van der Waals surface area contributed by atoms with Crippen molar-refractivity contribution in [2.45, 2.75) is 26.4 Å². The molecule has 0 saturated carbocycles. The highest BCUT2D eigenvalue weighted by molar-refractivity contribution is 6.31. The Labute approximate surface area is 105 Å². The first-order valence-electron chi connectivity index (χ1n) is 5.44. The van der Waals surface area contributed by atoms with Crippen molar-refractivity contribution in [1.29, 1.82) is 0 Å². The fourth-order valence-corrected chi connectivity index (χ4v) is 1.89. The number of nitrogens with one attached hydrogen (secondary N) is 1. The predicted molar refractivity (Wildman–Crippen MR) is 65.7 cm³/mol. The van der Waals surface area contributed by atoms with Crippen LogP contribution in [0.1, 0.15) is 30.2 Å². The normalized spacial score (nSPS) is 12.6. The van der Waals surface area contributed by atoms with Crippen molar-refractivity contribution in [3.63, 3.8) is 0 Å². The Morgan fingerprint density at radius 2 is 2.18 bits per heavy atom. The van der Waals surface area contributed by atoms with Gasteiger partial charge in [-0.05, 0) is 18.6 Å². The van der Waals surface area contributed by atoms with E-state index in [0.717, 1.165) is 10.6 Å². The van der Waals surface area contributed by atoms with Crippen molar-refractivity contribution >= 4 is 11.6 Å². The van der Waals surface area contributed by atoms with Crippen LogP contribution < -0.4 is 5.32 Å². The molecule has 2 aromatic rings. The number of benzene rings is 1. The largest absolute Gasteiger partial charge is 0.340 e. The van der Waals surface area contributed by atoms with E-state index in [1.165, 1.54) is 0 Å². The number of aryl methyl sites for hydroxylation is 1. The molecule has 1 atom stereocenters. The number of aromatic nitrogens is 2. The van der Waals surface area contributed by atoms with Crippen molar-refractivity contribution < 1.29 is 4.52 Å². The molecule has 0 amide bonds. The van der Waals surface area contributed by atoms with Crippen LogP contribution >= 0.6 is 11.6 Å². The molecule has 0 aliphatic carbocycles. The van der Waals surface area contributed by atoms with Gasteiger partial charge in [-0.2, -0.15) is 4.98 Å². The van der Waals surface area contributed by atoms with E-state index < -0.39 is 0 Å². The van der Waals surface area contributed by atoms with Crippen LogP contribution in [0.4, 0.5) is 0 Å². The third-order valence-corrected chi connectivity index (χ3v) is 2.85. The summed E-state index contributed by atoms with van der Waals surface area (Å²) in [6, 6.07) is 7.91. The average Bonchev–Trinajstić information content (AvgIpc) is 2.73. The summed E-state index contributed by atoms with van der Waals surface area (Å²) in [6.45, 7) is 4.38. The van der Waals surface area contributed by atoms with Gasteiger partial charge in [0, 0.05) is 18.0 Å². The first-order valence-corrected chi connectivity index (χ1v) is 5.81. The summed E-state index contributed by atoms with van der Waals surface area (Å²) in [5, 5.41) is 7.88. The van der Waals surface area contributed by atoms with Crippen LogP contribution in [-0.4, -0.2) is 10.1 Å². The number of halogens is 1. The van der Waals surface area contributed by atoms with E-state index in [1.807, 2.05) is 31.2 Å². The third-order valence-electron chi connectivity index (χ3n) is 2.51. The fourth-order valence-electron chi connectivity index (χ4n) is 1.59. The molecule has 0 fully saturated rings. The zero-order valence-electron chi connectivity index (χ0n) is 9.77. The van der Waals surface area contributed by atoms with Crippen molar-refractivity contribution in [2.75, 3.05) is 0 Å². The van der Waals surface area contributed by atoms with Gasteiger partial charge in [0.1, 0.15) is 0 Å². The number of hydrogen-bond donors (Lipinski definition) is 1. The van der Waals surface area contributed by atoms with Gasteiger partial charge in [-0.15, -0.1) is 0 Å². The van der Waals surface area contributed by atoms with Gasteiger partial charge in [-0.3, -0.25) is 0 Å². The van der Waals surface area contributed by atoms with E-state index in [9.17, 15) is 0 Å². The van der Waals surface area contributed by atoms with Crippen LogP contribution in [0.5, 0.6) is 0 Å². The van der Waals surface area contributed by atoms with Gasteiger partial charge in [-0.25, -0.2) is 0 Å². The van der Waals surface area contributed by atoms with E-state index in [4.69, 9.17) is 16.1 Å². The lowest BCUT2D eigenvalue weighted by Crippen LogP contribution is -2.19. The molecule has 0 bridgehead atoms. The molecule has 0 unspecified atom stereocenters. The molecule has 90 valence electrons. The molecule has 0 saturated heterocycles. The molecule has 4 nitrogen and oxygen atoms in total. The molecule has 0 radical (unpaired) electrons. The van der Waals surface area contributed by atoms with E-state index in [0.29, 0.717) is 18.3 Å². The molecule has 1 aromatic heterocycles. The van der Waals surface area contributed by atoms with Crippen LogP contribution in [0.15, 0.2) is 28.8 Å². The summed E-state index contributed by atoms with van der Waals surface area (Å²) in [6.07, 6.45) is 0. The highest BCUT2D eigenvalue weighted by atomic mass is 35.5. The fraction of sp³-hybridized carbons (Fsp3) is 0.333. The van der Waals surface area contributed by atoms with Gasteiger partial charge >= 0.3 is 0 Å². The van der Waals surface area contributed by atoms with Crippen LogP contribution in [0.2, 0.25) is 5.02 Å². The zero-order chi connectivity index (χ0) is 12.3. The van der Waals surface area contributed by atoms with Crippen molar-refractivity contribution in [3.05, 3.63) is 46.6 Å². The molecule has 0 aliphatic rings. The Balaban J connectivity index is 1.98. The maximum Gasteiger partial charge on any atom is 0.223 e. The SMILES string of the molecule is Cc1nc(CN[C@H](C)c2ccccc2Cl)no1. The molecule has 0 spiro atoms. The highest BCUT2D eigenvalue weighted by Gasteiger charge is 2.10. The van der Waals surface area contributed by atoms with Gasteiger partial charge in [0.15, 0.2) is 5.82 Å². The second-order valence-electron chi connectivity index (χ2n) is 3.85. The Morgan fingerprint density at radius 3 is 2.82 bits per heavy atom. The van der Waals surface area contributed by atoms with Crippen LogP contribution in [0.25, 0.3) is 0 Å². The first kappa shape index (κ1) is 12.1. The molecular weight excluding hydrogens is 238 g/mol. The Morgan fingerprint density at radius 1 is 1.41 bits per heavy atom. The monoisotopic (exact) mass is 251 g/mol. The molecule has 2 rings (SSSR count). The van der Waals surface area contributed by atoms with Crippen molar-refractivity contribution in [3.8, 4) is 0 Å². The maximum absolute atomic E-state index is 6.12. The summed E-state index contributed by atoms with van der Waals surface area (Å²) in [5.41, 5.74) is 1.06. The molecule has 1 N–H and O–H groups in total. The van der Waals surface area contributed by atoms with Crippen LogP contribution in [0.3, 0.4) is 0 Å². The lowest BCUT2D eigenvalue weighted by molar-refractivity contribution is 0.384. The van der Waals surface area contributed by atoms with E-state index in [2.05, 4.69) is 15.5 Å². The molecule has 5 heteroatoms. The molecule has 1 aromatic carbocycles. The predicted octanol–water partition coefficient (Wildman–Crippen LogP) is 2.88. The van der Waals surface area contributed by atoms with Gasteiger partial charge in [-0.1, -0.05) is 35.0 Å². The Kier molecular flexibility index (Phi) is 3.76. The Bertz CT molecular complexity index is 498. The molecule has 17 heavy (non-hydrogen) atoms. The summed E-state index contributed by atoms with van der Waals surface area (Å²) in [4.78, 5) is 4.13. The minimum atomic E-state index is 0.141. The van der Waals surface area contributed by atoms with Crippen molar-refractivity contribution in [1.82, 2.24) is 15.5 Å². The maximum atomic E-state index is 6.12. The molecular formula is C12H14ClN3O. The Hall–Kier alpha value is -1.39. The summed E-state index contributed by atoms with van der Waals surface area (Å²) in [7, 11) is 0. The average molecular weight is 252 g/mol. The summed E-state index contributed by atoms with van der Waals surface area (Å²) >= 11 is 6.12. The van der Waals surface area contributed by atoms with Crippen LogP contribution in [0, 0.1) is 6.92 Å². The van der Waals surface area contributed by atoms with Gasteiger partial charge < -0.3 is 9.84 Å². The highest BCUT2D eigenvalue weighted by Crippen LogP contribution is 2.22. The molecule has 1 heterocycles. The van der Waals surface area contributed by atoms with E-state index in [1.54, 1.807) is 6.92 Å². The van der Waals surface area contributed by atoms with E-state index in [-0.39, 0.29) is 6.04 Å². The zero-order valence-corrected chi connectivity index (χ0v) is 10.5. The topological polar surface area (TPSA) is 51.0 Å². The number of nitrogens with zero attached hydrogens (tertiary/aromatic N) is 2. The minimum absolute atomic E-state index is 0.141. The third kappa shape index (κ3) is 3.05. The summed E-state index contributed by atoms with van der Waals surface area (Å²) < 4.78 is 4.90. The molecule has 0 aliphatic heterocycles. The van der Waals surface area contributed by atoms with Crippen molar-refractivity contribution in [2.24, 2.45) is 0 Å². The van der Waals surface area contributed by atoms with Gasteiger partial charge in [0.05, 0.1) is 6.54 Å². The van der Waals surface area contributed by atoms with Gasteiger partial charge in [0.2, 0.25) is 5.89 Å². The second-order valence-corrected chi connectivity index (χ2v) is 4.26. The number of rotatable bonds is 4. The smallest absolute Gasteiger partial charge is 0.223 e. The quantitative estimate of drug-likeness (QED) is 0.908. The lowest BCUT2D eigenvalue weighted by atomic mass is 10.1. The first-order chi connectivity index (χ1) is 8.16. The summed E-state index contributed by atoms with van der Waals surface area (Å²) in [5.74, 6) is 1.23. The minimum Gasteiger partial charge on any atom is -0.340 e.